The van der Waals surface area contributed by atoms with Crippen molar-refractivity contribution in [2.24, 2.45) is 5.92 Å². The number of ether oxygens (including phenoxy) is 2. The maximum Gasteiger partial charge on any atom is 0.227 e. The first-order valence-corrected chi connectivity index (χ1v) is 10.2. The second-order valence-electron chi connectivity index (χ2n) is 7.50. The lowest BCUT2D eigenvalue weighted by atomic mass is 9.93. The van der Waals surface area contributed by atoms with Gasteiger partial charge in [-0.1, -0.05) is 11.2 Å². The zero-order valence-electron chi connectivity index (χ0n) is 17.7. The minimum absolute atomic E-state index is 0.119. The summed E-state index contributed by atoms with van der Waals surface area (Å²) < 4.78 is 16.0. The van der Waals surface area contributed by atoms with Gasteiger partial charge < -0.3 is 18.9 Å². The van der Waals surface area contributed by atoms with E-state index in [0.717, 1.165) is 31.5 Å². The van der Waals surface area contributed by atoms with Crippen LogP contribution in [0.4, 0.5) is 0 Å². The van der Waals surface area contributed by atoms with Gasteiger partial charge in [0.05, 0.1) is 26.8 Å². The molecule has 1 saturated heterocycles. The average Bonchev–Trinajstić information content (AvgIpc) is 3.28. The Hall–Kier alpha value is -3.49. The lowest BCUT2D eigenvalue weighted by Gasteiger charge is -2.31. The van der Waals surface area contributed by atoms with Crippen LogP contribution in [0, 0.1) is 5.92 Å². The van der Waals surface area contributed by atoms with Gasteiger partial charge in [-0.2, -0.15) is 4.98 Å². The molecule has 1 aliphatic heterocycles. The average molecular weight is 423 g/mol. The van der Waals surface area contributed by atoms with Crippen molar-refractivity contribution in [2.75, 3.05) is 27.3 Å². The minimum Gasteiger partial charge on any atom is -0.493 e. The highest BCUT2D eigenvalue weighted by atomic mass is 16.5. The van der Waals surface area contributed by atoms with Crippen LogP contribution in [0.2, 0.25) is 0 Å². The predicted molar refractivity (Wildman–Crippen MR) is 112 cm³/mol. The third-order valence-corrected chi connectivity index (χ3v) is 5.49. The quantitative estimate of drug-likeness (QED) is 0.571. The van der Waals surface area contributed by atoms with E-state index in [-0.39, 0.29) is 5.91 Å². The van der Waals surface area contributed by atoms with Crippen LogP contribution in [0.25, 0.3) is 11.5 Å². The number of carbonyl (C=O) groups excluding carboxylic acids is 1. The molecule has 3 heterocycles. The van der Waals surface area contributed by atoms with Crippen LogP contribution in [0.5, 0.6) is 11.5 Å². The Morgan fingerprint density at radius 2 is 1.97 bits per heavy atom. The SMILES string of the molecule is COc1ccc(CC(=O)N2CCC(Cc3nc(-c4cnccn4)no3)CC2)cc1OC. The second kappa shape index (κ2) is 9.55. The molecular weight excluding hydrogens is 398 g/mol. The van der Waals surface area contributed by atoms with Crippen molar-refractivity contribution < 1.29 is 18.8 Å². The second-order valence-corrected chi connectivity index (χ2v) is 7.50. The van der Waals surface area contributed by atoms with Crippen molar-refractivity contribution in [1.82, 2.24) is 25.0 Å². The Labute approximate surface area is 180 Å². The molecule has 4 rings (SSSR count). The highest BCUT2D eigenvalue weighted by Gasteiger charge is 2.25. The van der Waals surface area contributed by atoms with Gasteiger partial charge in [-0.25, -0.2) is 4.98 Å². The van der Waals surface area contributed by atoms with Gasteiger partial charge in [0, 0.05) is 31.9 Å². The van der Waals surface area contributed by atoms with E-state index in [1.54, 1.807) is 32.8 Å². The summed E-state index contributed by atoms with van der Waals surface area (Å²) in [5.41, 5.74) is 1.50. The van der Waals surface area contributed by atoms with Gasteiger partial charge in [0.2, 0.25) is 17.6 Å². The number of nitrogens with zero attached hydrogens (tertiary/aromatic N) is 5. The molecule has 0 saturated carbocycles. The Kier molecular flexibility index (Phi) is 6.40. The molecule has 9 heteroatoms. The fourth-order valence-corrected chi connectivity index (χ4v) is 3.77. The molecule has 0 atom stereocenters. The van der Waals surface area contributed by atoms with Crippen LogP contribution < -0.4 is 9.47 Å². The number of piperidine rings is 1. The van der Waals surface area contributed by atoms with Crippen LogP contribution in [0.3, 0.4) is 0 Å². The Morgan fingerprint density at radius 1 is 1.16 bits per heavy atom. The maximum absolute atomic E-state index is 12.7. The highest BCUT2D eigenvalue weighted by molar-refractivity contribution is 5.79. The summed E-state index contributed by atoms with van der Waals surface area (Å²) >= 11 is 0. The lowest BCUT2D eigenvalue weighted by molar-refractivity contribution is -0.131. The normalized spacial score (nSPS) is 14.5. The molecule has 1 aliphatic rings. The van der Waals surface area contributed by atoms with E-state index in [4.69, 9.17) is 14.0 Å². The van der Waals surface area contributed by atoms with Crippen molar-refractivity contribution in [3.63, 3.8) is 0 Å². The molecule has 1 amide bonds. The number of methoxy groups -OCH3 is 2. The number of hydrogen-bond donors (Lipinski definition) is 0. The molecule has 0 unspecified atom stereocenters. The van der Waals surface area contributed by atoms with Crippen molar-refractivity contribution in [2.45, 2.75) is 25.7 Å². The Morgan fingerprint density at radius 3 is 2.68 bits per heavy atom. The molecule has 0 bridgehead atoms. The van der Waals surface area contributed by atoms with Gasteiger partial charge in [-0.05, 0) is 36.5 Å². The molecule has 31 heavy (non-hydrogen) atoms. The van der Waals surface area contributed by atoms with Crippen molar-refractivity contribution in [3.05, 3.63) is 48.2 Å². The van der Waals surface area contributed by atoms with E-state index in [2.05, 4.69) is 20.1 Å². The van der Waals surface area contributed by atoms with E-state index in [0.29, 0.717) is 47.7 Å². The van der Waals surface area contributed by atoms with Gasteiger partial charge >= 0.3 is 0 Å². The molecule has 3 aromatic rings. The van der Waals surface area contributed by atoms with E-state index >= 15 is 0 Å². The standard InChI is InChI=1S/C22H25N5O4/c1-29-18-4-3-16(11-19(18)30-2)13-21(28)27-9-5-15(6-10-27)12-20-25-22(26-31-20)17-14-23-7-8-24-17/h3-4,7-8,11,14-15H,5-6,9-10,12-13H2,1-2H3. The van der Waals surface area contributed by atoms with Crippen molar-refractivity contribution >= 4 is 5.91 Å². The number of rotatable bonds is 7. The topological polar surface area (TPSA) is 103 Å². The van der Waals surface area contributed by atoms with E-state index < -0.39 is 0 Å². The maximum atomic E-state index is 12.7. The third-order valence-electron chi connectivity index (χ3n) is 5.49. The Balaban J connectivity index is 1.29. The first-order valence-electron chi connectivity index (χ1n) is 10.2. The first kappa shape index (κ1) is 20.8. The predicted octanol–water partition coefficient (Wildman–Crippen LogP) is 2.57. The van der Waals surface area contributed by atoms with Crippen LogP contribution in [-0.4, -0.2) is 58.2 Å². The van der Waals surface area contributed by atoms with Gasteiger partial charge in [0.15, 0.2) is 11.5 Å². The monoisotopic (exact) mass is 423 g/mol. The third kappa shape index (κ3) is 4.99. The number of aromatic nitrogens is 4. The number of hydrogen-bond acceptors (Lipinski definition) is 8. The molecule has 0 N–H and O–H groups in total. The molecule has 0 radical (unpaired) electrons. The number of benzene rings is 1. The minimum atomic E-state index is 0.119. The van der Waals surface area contributed by atoms with Gasteiger partial charge in [0.25, 0.3) is 0 Å². The number of amides is 1. The summed E-state index contributed by atoms with van der Waals surface area (Å²) in [4.78, 5) is 27.3. The molecule has 162 valence electrons. The summed E-state index contributed by atoms with van der Waals surface area (Å²) in [5.74, 6) is 2.85. The van der Waals surface area contributed by atoms with E-state index in [1.165, 1.54) is 0 Å². The largest absolute Gasteiger partial charge is 0.493 e. The highest BCUT2D eigenvalue weighted by Crippen LogP contribution is 2.28. The lowest BCUT2D eigenvalue weighted by Crippen LogP contribution is -2.39. The van der Waals surface area contributed by atoms with E-state index in [1.807, 2.05) is 23.1 Å². The Bertz CT molecular complexity index is 1020. The zero-order valence-corrected chi connectivity index (χ0v) is 17.7. The first-order chi connectivity index (χ1) is 15.2. The van der Waals surface area contributed by atoms with Crippen molar-refractivity contribution in [3.8, 4) is 23.0 Å². The molecule has 1 fully saturated rings. The van der Waals surface area contributed by atoms with Gasteiger partial charge in [0.1, 0.15) is 5.69 Å². The molecule has 0 spiro atoms. The number of likely N-dealkylation sites (tertiary alicyclic amines) is 1. The van der Waals surface area contributed by atoms with Crippen molar-refractivity contribution in [1.29, 1.82) is 0 Å². The van der Waals surface area contributed by atoms with Crippen LogP contribution >= 0.6 is 0 Å². The summed E-state index contributed by atoms with van der Waals surface area (Å²) in [6, 6.07) is 5.58. The van der Waals surface area contributed by atoms with Crippen LogP contribution in [0.1, 0.15) is 24.3 Å². The molecule has 1 aromatic carbocycles. The zero-order chi connectivity index (χ0) is 21.6. The summed E-state index contributed by atoms with van der Waals surface area (Å²) in [7, 11) is 3.19. The van der Waals surface area contributed by atoms with E-state index in [9.17, 15) is 4.79 Å². The molecule has 2 aromatic heterocycles. The summed E-state index contributed by atoms with van der Waals surface area (Å²) in [6.45, 7) is 1.45. The smallest absolute Gasteiger partial charge is 0.227 e. The number of carbonyl (C=O) groups is 1. The van der Waals surface area contributed by atoms with Gasteiger partial charge in [-0.3, -0.25) is 9.78 Å². The molecule has 0 aliphatic carbocycles. The van der Waals surface area contributed by atoms with Gasteiger partial charge in [-0.15, -0.1) is 0 Å². The van der Waals surface area contributed by atoms with Crippen LogP contribution in [0.15, 0.2) is 41.3 Å². The fraction of sp³-hybridized carbons (Fsp3) is 0.409. The molecular formula is C22H25N5O4. The van der Waals surface area contributed by atoms with Crippen LogP contribution in [-0.2, 0) is 17.6 Å². The summed E-state index contributed by atoms with van der Waals surface area (Å²) in [5, 5.41) is 4.00. The molecule has 9 nitrogen and oxygen atoms in total. The summed E-state index contributed by atoms with van der Waals surface area (Å²) in [6.07, 6.45) is 7.66. The fourth-order valence-electron chi connectivity index (χ4n) is 3.77.